The first kappa shape index (κ1) is 16.2. The third kappa shape index (κ3) is 4.41. The van der Waals surface area contributed by atoms with Crippen molar-refractivity contribution in [2.45, 2.75) is 19.5 Å². The Labute approximate surface area is 138 Å². The molecule has 0 radical (unpaired) electrons. The van der Waals surface area contributed by atoms with Gasteiger partial charge in [0.1, 0.15) is 0 Å². The van der Waals surface area contributed by atoms with Crippen LogP contribution in [0.3, 0.4) is 0 Å². The fourth-order valence-corrected chi connectivity index (χ4v) is 3.15. The van der Waals surface area contributed by atoms with Gasteiger partial charge in [-0.25, -0.2) is 4.98 Å². The van der Waals surface area contributed by atoms with Crippen LogP contribution in [0.2, 0.25) is 0 Å². The summed E-state index contributed by atoms with van der Waals surface area (Å²) in [5.41, 5.74) is 2.49. The van der Waals surface area contributed by atoms with Gasteiger partial charge < -0.3 is 14.2 Å². The van der Waals surface area contributed by atoms with Crippen molar-refractivity contribution in [2.24, 2.45) is 0 Å². The Hall–Kier alpha value is -1.69. The lowest BCUT2D eigenvalue weighted by Crippen LogP contribution is -2.46. The van der Waals surface area contributed by atoms with E-state index in [0.29, 0.717) is 6.04 Å². The van der Waals surface area contributed by atoms with Crippen LogP contribution in [-0.2, 0) is 11.3 Å². The van der Waals surface area contributed by atoms with Gasteiger partial charge in [0.25, 0.3) is 0 Å². The summed E-state index contributed by atoms with van der Waals surface area (Å²) >= 11 is 0. The Morgan fingerprint density at radius 3 is 2.61 bits per heavy atom. The van der Waals surface area contributed by atoms with Crippen molar-refractivity contribution in [2.75, 3.05) is 39.9 Å². The summed E-state index contributed by atoms with van der Waals surface area (Å²) in [6, 6.07) is 9.26. The zero-order chi connectivity index (χ0) is 16.1. The average Bonchev–Trinajstić information content (AvgIpc) is 3.11. The zero-order valence-electron chi connectivity index (χ0n) is 14.1. The van der Waals surface area contributed by atoms with Crippen LogP contribution >= 0.6 is 0 Å². The van der Waals surface area contributed by atoms with Crippen LogP contribution < -0.4 is 0 Å². The number of benzene rings is 1. The lowest BCUT2D eigenvalue weighted by atomic mass is 10.1. The molecule has 0 N–H and O–H groups in total. The summed E-state index contributed by atoms with van der Waals surface area (Å²) in [5.74, 6) is 0. The molecule has 1 aliphatic rings. The molecule has 1 atom stereocenters. The van der Waals surface area contributed by atoms with E-state index in [9.17, 15) is 0 Å². The number of hydrogen-bond donors (Lipinski definition) is 0. The topological polar surface area (TPSA) is 33.5 Å². The van der Waals surface area contributed by atoms with Crippen LogP contribution in [0.5, 0.6) is 0 Å². The minimum absolute atomic E-state index is 0.564. The predicted octanol–water partition coefficient (Wildman–Crippen LogP) is 2.02. The number of hydrogen-bond acceptors (Lipinski definition) is 4. The van der Waals surface area contributed by atoms with Gasteiger partial charge in [0.2, 0.25) is 0 Å². The molecule has 1 saturated heterocycles. The van der Waals surface area contributed by atoms with Crippen molar-refractivity contribution in [1.82, 2.24) is 19.4 Å². The minimum Gasteiger partial charge on any atom is -0.379 e. The highest BCUT2D eigenvalue weighted by molar-refractivity contribution is 5.34. The molecule has 5 heteroatoms. The number of imidazole rings is 1. The van der Waals surface area contributed by atoms with Crippen LogP contribution in [0, 0.1) is 0 Å². The summed E-state index contributed by atoms with van der Waals surface area (Å²) in [5, 5.41) is 0. The highest BCUT2D eigenvalue weighted by Crippen LogP contribution is 2.12. The van der Waals surface area contributed by atoms with Crippen molar-refractivity contribution in [3.8, 4) is 5.69 Å². The molecule has 0 spiro atoms. The molecule has 23 heavy (non-hydrogen) atoms. The predicted molar refractivity (Wildman–Crippen MR) is 91.8 cm³/mol. The molecule has 2 heterocycles. The van der Waals surface area contributed by atoms with Crippen LogP contribution in [0.25, 0.3) is 5.69 Å². The first-order valence-corrected chi connectivity index (χ1v) is 8.30. The number of rotatable bonds is 6. The zero-order valence-corrected chi connectivity index (χ0v) is 14.1. The largest absolute Gasteiger partial charge is 0.379 e. The van der Waals surface area contributed by atoms with E-state index in [-0.39, 0.29) is 0 Å². The molecule has 124 valence electrons. The van der Waals surface area contributed by atoms with Gasteiger partial charge in [0.15, 0.2) is 0 Å². The maximum absolute atomic E-state index is 5.43. The molecule has 0 saturated carbocycles. The van der Waals surface area contributed by atoms with Crippen LogP contribution in [-0.4, -0.2) is 65.3 Å². The third-order valence-corrected chi connectivity index (χ3v) is 4.44. The van der Waals surface area contributed by atoms with E-state index in [4.69, 9.17) is 4.74 Å². The summed E-state index contributed by atoms with van der Waals surface area (Å²) in [6.45, 7) is 8.18. The highest BCUT2D eigenvalue weighted by atomic mass is 16.5. The highest BCUT2D eigenvalue weighted by Gasteiger charge is 2.18. The first-order chi connectivity index (χ1) is 11.2. The van der Waals surface area contributed by atoms with E-state index in [1.165, 1.54) is 5.56 Å². The molecule has 3 rings (SSSR count). The van der Waals surface area contributed by atoms with Gasteiger partial charge in [0, 0.05) is 50.3 Å². The lowest BCUT2D eigenvalue weighted by molar-refractivity contribution is 0.0137. The first-order valence-electron chi connectivity index (χ1n) is 8.30. The van der Waals surface area contributed by atoms with Gasteiger partial charge >= 0.3 is 0 Å². The number of morpholine rings is 1. The summed E-state index contributed by atoms with van der Waals surface area (Å²) < 4.78 is 7.45. The fraction of sp³-hybridized carbons (Fsp3) is 0.500. The molecule has 2 aromatic rings. The van der Waals surface area contributed by atoms with Crippen molar-refractivity contribution in [3.63, 3.8) is 0 Å². The quantitative estimate of drug-likeness (QED) is 0.817. The van der Waals surface area contributed by atoms with Crippen LogP contribution in [0.15, 0.2) is 43.0 Å². The number of aromatic nitrogens is 2. The average molecular weight is 314 g/mol. The van der Waals surface area contributed by atoms with Gasteiger partial charge in [-0.05, 0) is 31.7 Å². The molecule has 0 amide bonds. The SMILES string of the molecule is C[C@@H](CN(C)Cc1ccc(-n2ccnc2)cc1)N1CCOCC1. The molecule has 1 aromatic heterocycles. The molecular formula is C18H26N4O. The van der Waals surface area contributed by atoms with Crippen molar-refractivity contribution in [3.05, 3.63) is 48.5 Å². The molecule has 1 fully saturated rings. The Morgan fingerprint density at radius 2 is 1.96 bits per heavy atom. The molecule has 0 bridgehead atoms. The van der Waals surface area contributed by atoms with Crippen LogP contribution in [0.1, 0.15) is 12.5 Å². The molecular weight excluding hydrogens is 288 g/mol. The van der Waals surface area contributed by atoms with Gasteiger partial charge in [-0.1, -0.05) is 12.1 Å². The van der Waals surface area contributed by atoms with Gasteiger partial charge in [0.05, 0.1) is 19.5 Å². The Balaban J connectivity index is 1.52. The molecule has 0 unspecified atom stereocenters. The number of ether oxygens (including phenoxy) is 1. The molecule has 1 aliphatic heterocycles. The molecule has 5 nitrogen and oxygen atoms in total. The van der Waals surface area contributed by atoms with Gasteiger partial charge in [-0.15, -0.1) is 0 Å². The van der Waals surface area contributed by atoms with E-state index < -0.39 is 0 Å². The van der Waals surface area contributed by atoms with Crippen molar-refractivity contribution in [1.29, 1.82) is 0 Å². The van der Waals surface area contributed by atoms with Crippen LogP contribution in [0.4, 0.5) is 0 Å². The monoisotopic (exact) mass is 314 g/mol. The van der Waals surface area contributed by atoms with Crippen molar-refractivity contribution < 1.29 is 4.74 Å². The second kappa shape index (κ2) is 7.73. The smallest absolute Gasteiger partial charge is 0.0991 e. The Morgan fingerprint density at radius 1 is 1.22 bits per heavy atom. The van der Waals surface area contributed by atoms with E-state index in [2.05, 4.69) is 53.0 Å². The van der Waals surface area contributed by atoms with Gasteiger partial charge in [-0.3, -0.25) is 4.90 Å². The van der Waals surface area contributed by atoms with E-state index in [1.54, 1.807) is 6.20 Å². The second-order valence-electron chi connectivity index (χ2n) is 6.33. The third-order valence-electron chi connectivity index (χ3n) is 4.44. The number of likely N-dealkylation sites (N-methyl/N-ethyl adjacent to an activating group) is 1. The summed E-state index contributed by atoms with van der Waals surface area (Å²) in [4.78, 5) is 9.00. The maximum Gasteiger partial charge on any atom is 0.0991 e. The molecule has 0 aliphatic carbocycles. The second-order valence-corrected chi connectivity index (χ2v) is 6.33. The normalized spacial score (nSPS) is 17.5. The Kier molecular flexibility index (Phi) is 5.43. The van der Waals surface area contributed by atoms with E-state index in [0.717, 1.165) is 45.1 Å². The lowest BCUT2D eigenvalue weighted by Gasteiger charge is -2.34. The fourth-order valence-electron chi connectivity index (χ4n) is 3.15. The van der Waals surface area contributed by atoms with Crippen molar-refractivity contribution >= 4 is 0 Å². The standard InChI is InChI=1S/C18H26N4O/c1-16(21-9-11-23-12-10-21)13-20(2)14-17-3-5-18(6-4-17)22-8-7-19-15-22/h3-8,15-16H,9-14H2,1-2H3/t16-/m0/s1. The Bertz CT molecular complexity index is 576. The van der Waals surface area contributed by atoms with E-state index >= 15 is 0 Å². The van der Waals surface area contributed by atoms with Gasteiger partial charge in [-0.2, -0.15) is 0 Å². The number of nitrogens with zero attached hydrogens (tertiary/aromatic N) is 4. The molecule has 1 aromatic carbocycles. The summed E-state index contributed by atoms with van der Waals surface area (Å²) in [6.07, 6.45) is 5.59. The minimum atomic E-state index is 0.564. The maximum atomic E-state index is 5.43. The van der Waals surface area contributed by atoms with E-state index in [1.807, 2.05) is 17.1 Å². The summed E-state index contributed by atoms with van der Waals surface area (Å²) in [7, 11) is 2.20.